The number of benzene rings is 1. The normalized spacial score (nSPS) is 11.7. The molecule has 0 saturated carbocycles. The van der Waals surface area contributed by atoms with Crippen molar-refractivity contribution in [1.82, 2.24) is 5.32 Å². The maximum atomic E-state index is 12.0. The quantitative estimate of drug-likeness (QED) is 0.685. The van der Waals surface area contributed by atoms with Crippen LogP contribution in [-0.4, -0.2) is 41.1 Å². The SMILES string of the molecule is CCOc1ccc(C(=O)NC(CCSCC)C(=O)O)cc1. The van der Waals surface area contributed by atoms with Crippen LogP contribution in [0.25, 0.3) is 0 Å². The third-order valence-corrected chi connectivity index (χ3v) is 3.72. The van der Waals surface area contributed by atoms with Crippen LogP contribution >= 0.6 is 11.8 Å². The summed E-state index contributed by atoms with van der Waals surface area (Å²) in [6.07, 6.45) is 0.413. The molecule has 0 fully saturated rings. The second-order valence-electron chi connectivity index (χ2n) is 4.31. The second kappa shape index (κ2) is 9.28. The number of ether oxygens (including phenoxy) is 1. The van der Waals surface area contributed by atoms with E-state index in [0.717, 1.165) is 5.75 Å². The van der Waals surface area contributed by atoms with E-state index in [2.05, 4.69) is 5.32 Å². The molecule has 0 heterocycles. The van der Waals surface area contributed by atoms with Gasteiger partial charge in [0.05, 0.1) is 6.61 Å². The van der Waals surface area contributed by atoms with Gasteiger partial charge in [-0.2, -0.15) is 11.8 Å². The van der Waals surface area contributed by atoms with Gasteiger partial charge in [0, 0.05) is 5.56 Å². The summed E-state index contributed by atoms with van der Waals surface area (Å²) in [6, 6.07) is 5.78. The number of carbonyl (C=O) groups is 2. The zero-order chi connectivity index (χ0) is 15.7. The Kier molecular flexibility index (Phi) is 7.68. The lowest BCUT2D eigenvalue weighted by Gasteiger charge is -2.14. The molecule has 0 aliphatic rings. The van der Waals surface area contributed by atoms with E-state index in [4.69, 9.17) is 9.84 Å². The van der Waals surface area contributed by atoms with Crippen LogP contribution in [-0.2, 0) is 4.79 Å². The highest BCUT2D eigenvalue weighted by atomic mass is 32.2. The van der Waals surface area contributed by atoms with Gasteiger partial charge in [-0.15, -0.1) is 0 Å². The average molecular weight is 311 g/mol. The Hall–Kier alpha value is -1.69. The van der Waals surface area contributed by atoms with Gasteiger partial charge in [-0.3, -0.25) is 4.79 Å². The third-order valence-electron chi connectivity index (χ3n) is 2.79. The number of carboxylic acid groups (broad SMARTS) is 1. The number of hydrogen-bond acceptors (Lipinski definition) is 4. The van der Waals surface area contributed by atoms with Crippen LogP contribution in [0.4, 0.5) is 0 Å². The highest BCUT2D eigenvalue weighted by molar-refractivity contribution is 7.99. The molecule has 0 spiro atoms. The summed E-state index contributed by atoms with van der Waals surface area (Å²) in [4.78, 5) is 23.2. The first-order valence-corrected chi connectivity index (χ1v) is 8.08. The van der Waals surface area contributed by atoms with Gasteiger partial charge < -0.3 is 15.2 Å². The number of amides is 1. The zero-order valence-corrected chi connectivity index (χ0v) is 13.1. The maximum absolute atomic E-state index is 12.0. The van der Waals surface area contributed by atoms with Gasteiger partial charge in [-0.1, -0.05) is 6.92 Å². The summed E-state index contributed by atoms with van der Waals surface area (Å²) >= 11 is 1.65. The van der Waals surface area contributed by atoms with E-state index in [9.17, 15) is 9.59 Å². The Morgan fingerprint density at radius 1 is 1.29 bits per heavy atom. The molecule has 1 rings (SSSR count). The Labute approximate surface area is 129 Å². The Balaban J connectivity index is 2.61. The fourth-order valence-electron chi connectivity index (χ4n) is 1.71. The molecule has 6 heteroatoms. The molecule has 1 aromatic carbocycles. The lowest BCUT2D eigenvalue weighted by Crippen LogP contribution is -2.41. The molecule has 0 saturated heterocycles. The summed E-state index contributed by atoms with van der Waals surface area (Å²) in [5.74, 6) is 0.928. The van der Waals surface area contributed by atoms with Crippen LogP contribution in [0.1, 0.15) is 30.6 Å². The van der Waals surface area contributed by atoms with Crippen molar-refractivity contribution in [2.45, 2.75) is 26.3 Å². The molecule has 0 aliphatic heterocycles. The molecule has 21 heavy (non-hydrogen) atoms. The zero-order valence-electron chi connectivity index (χ0n) is 12.3. The molecule has 116 valence electrons. The van der Waals surface area contributed by atoms with E-state index in [1.807, 2.05) is 13.8 Å². The smallest absolute Gasteiger partial charge is 0.326 e. The van der Waals surface area contributed by atoms with E-state index in [1.54, 1.807) is 36.0 Å². The van der Waals surface area contributed by atoms with Crippen molar-refractivity contribution in [2.75, 3.05) is 18.1 Å². The Bertz CT molecular complexity index is 461. The highest BCUT2D eigenvalue weighted by Gasteiger charge is 2.20. The fraction of sp³-hybridized carbons (Fsp3) is 0.467. The van der Waals surface area contributed by atoms with Gasteiger partial charge >= 0.3 is 5.97 Å². The van der Waals surface area contributed by atoms with Crippen LogP contribution in [0.2, 0.25) is 0 Å². The molecule has 1 unspecified atom stereocenters. The van der Waals surface area contributed by atoms with Crippen molar-refractivity contribution in [3.05, 3.63) is 29.8 Å². The van der Waals surface area contributed by atoms with Gasteiger partial charge in [-0.25, -0.2) is 4.79 Å². The molecular formula is C15H21NO4S. The van der Waals surface area contributed by atoms with Crippen LogP contribution < -0.4 is 10.1 Å². The number of thioether (sulfide) groups is 1. The first kappa shape index (κ1) is 17.4. The Morgan fingerprint density at radius 2 is 1.95 bits per heavy atom. The maximum Gasteiger partial charge on any atom is 0.326 e. The molecule has 0 bridgehead atoms. The Morgan fingerprint density at radius 3 is 2.48 bits per heavy atom. The molecule has 1 atom stereocenters. The minimum absolute atomic E-state index is 0.382. The van der Waals surface area contributed by atoms with Crippen molar-refractivity contribution in [1.29, 1.82) is 0 Å². The van der Waals surface area contributed by atoms with E-state index >= 15 is 0 Å². The number of nitrogens with one attached hydrogen (secondary N) is 1. The minimum atomic E-state index is -1.01. The predicted molar refractivity (Wildman–Crippen MR) is 84.1 cm³/mol. The van der Waals surface area contributed by atoms with Crippen LogP contribution in [0.15, 0.2) is 24.3 Å². The standard InChI is InChI=1S/C15H21NO4S/c1-3-20-12-7-5-11(6-8-12)14(17)16-13(15(18)19)9-10-21-4-2/h5-8,13H,3-4,9-10H2,1-2H3,(H,16,17)(H,18,19). The van der Waals surface area contributed by atoms with Gasteiger partial charge in [0.1, 0.15) is 11.8 Å². The number of rotatable bonds is 9. The number of carboxylic acids is 1. The highest BCUT2D eigenvalue weighted by Crippen LogP contribution is 2.12. The van der Waals surface area contributed by atoms with E-state index in [-0.39, 0.29) is 5.91 Å². The average Bonchev–Trinajstić information content (AvgIpc) is 2.47. The molecule has 0 aliphatic carbocycles. The largest absolute Gasteiger partial charge is 0.494 e. The lowest BCUT2D eigenvalue weighted by molar-refractivity contribution is -0.139. The number of hydrogen-bond donors (Lipinski definition) is 2. The number of carbonyl (C=O) groups excluding carboxylic acids is 1. The van der Waals surface area contributed by atoms with Crippen molar-refractivity contribution in [3.8, 4) is 5.75 Å². The number of aliphatic carboxylic acids is 1. The first-order chi connectivity index (χ1) is 10.1. The summed E-state index contributed by atoms with van der Waals surface area (Å²) in [5.41, 5.74) is 0.424. The van der Waals surface area contributed by atoms with Gasteiger partial charge in [0.25, 0.3) is 5.91 Å². The van der Waals surface area contributed by atoms with Crippen LogP contribution in [0.5, 0.6) is 5.75 Å². The summed E-state index contributed by atoms with van der Waals surface area (Å²) in [6.45, 7) is 4.45. The first-order valence-electron chi connectivity index (χ1n) is 6.92. The minimum Gasteiger partial charge on any atom is -0.494 e. The van der Waals surface area contributed by atoms with E-state index < -0.39 is 12.0 Å². The van der Waals surface area contributed by atoms with E-state index in [1.165, 1.54) is 0 Å². The molecule has 0 radical (unpaired) electrons. The van der Waals surface area contributed by atoms with Crippen molar-refractivity contribution >= 4 is 23.6 Å². The van der Waals surface area contributed by atoms with Crippen molar-refractivity contribution < 1.29 is 19.4 Å². The molecule has 0 aromatic heterocycles. The topological polar surface area (TPSA) is 75.6 Å². The van der Waals surface area contributed by atoms with Gasteiger partial charge in [-0.05, 0) is 49.1 Å². The molecular weight excluding hydrogens is 290 g/mol. The predicted octanol–water partition coefficient (Wildman–Crippen LogP) is 2.41. The van der Waals surface area contributed by atoms with Crippen LogP contribution in [0, 0.1) is 0 Å². The summed E-state index contributed by atoms with van der Waals surface area (Å²) in [7, 11) is 0. The molecule has 1 aromatic rings. The van der Waals surface area contributed by atoms with Crippen molar-refractivity contribution in [3.63, 3.8) is 0 Å². The van der Waals surface area contributed by atoms with Gasteiger partial charge in [0.2, 0.25) is 0 Å². The summed E-state index contributed by atoms with van der Waals surface area (Å²) in [5, 5.41) is 11.7. The second-order valence-corrected chi connectivity index (χ2v) is 5.70. The van der Waals surface area contributed by atoms with Crippen LogP contribution in [0.3, 0.4) is 0 Å². The molecule has 1 amide bonds. The monoisotopic (exact) mass is 311 g/mol. The van der Waals surface area contributed by atoms with Crippen molar-refractivity contribution in [2.24, 2.45) is 0 Å². The summed E-state index contributed by atoms with van der Waals surface area (Å²) < 4.78 is 5.30. The van der Waals surface area contributed by atoms with E-state index in [0.29, 0.717) is 30.1 Å². The fourth-order valence-corrected chi connectivity index (χ4v) is 2.40. The third kappa shape index (κ3) is 6.08. The molecule has 2 N–H and O–H groups in total. The lowest BCUT2D eigenvalue weighted by atomic mass is 10.1. The molecule has 5 nitrogen and oxygen atoms in total. The van der Waals surface area contributed by atoms with Gasteiger partial charge in [0.15, 0.2) is 0 Å².